The summed E-state index contributed by atoms with van der Waals surface area (Å²) in [5.41, 5.74) is -0.0727. The van der Waals surface area contributed by atoms with Crippen LogP contribution in [0.3, 0.4) is 0 Å². The summed E-state index contributed by atoms with van der Waals surface area (Å²) >= 11 is 5.84. The highest BCUT2D eigenvalue weighted by atomic mass is 35.5. The predicted molar refractivity (Wildman–Crippen MR) is 70.3 cm³/mol. The Labute approximate surface area is 119 Å². The highest BCUT2D eigenvalue weighted by Crippen LogP contribution is 2.35. The van der Waals surface area contributed by atoms with Gasteiger partial charge in [-0.15, -0.1) is 10.2 Å². The molecular formula is C12H12ClN3O4. The van der Waals surface area contributed by atoms with Crippen molar-refractivity contribution in [3.8, 4) is 11.5 Å². The Morgan fingerprint density at radius 1 is 1.50 bits per heavy atom. The van der Waals surface area contributed by atoms with E-state index < -0.39 is 5.97 Å². The number of aromatic carboxylic acids is 1. The van der Waals surface area contributed by atoms with Crippen LogP contribution in [-0.4, -0.2) is 33.0 Å². The number of benzene rings is 1. The van der Waals surface area contributed by atoms with E-state index in [1.54, 1.807) is 11.6 Å². The van der Waals surface area contributed by atoms with E-state index in [0.717, 1.165) is 0 Å². The van der Waals surface area contributed by atoms with Gasteiger partial charge in [0.25, 0.3) is 0 Å². The first kappa shape index (κ1) is 14.1. The van der Waals surface area contributed by atoms with Crippen LogP contribution in [-0.2, 0) is 13.7 Å². The Kier molecular flexibility index (Phi) is 4.09. The van der Waals surface area contributed by atoms with Crippen LogP contribution in [0.5, 0.6) is 11.5 Å². The first-order valence-electron chi connectivity index (χ1n) is 5.59. The van der Waals surface area contributed by atoms with E-state index in [-0.39, 0.29) is 28.7 Å². The van der Waals surface area contributed by atoms with E-state index in [4.69, 9.17) is 21.1 Å². The fraction of sp³-hybridized carbons (Fsp3) is 0.250. The zero-order chi connectivity index (χ0) is 14.7. The molecule has 0 saturated heterocycles. The van der Waals surface area contributed by atoms with Gasteiger partial charge in [-0.2, -0.15) is 0 Å². The van der Waals surface area contributed by atoms with Crippen molar-refractivity contribution in [3.05, 3.63) is 34.9 Å². The van der Waals surface area contributed by atoms with Gasteiger partial charge in [0.1, 0.15) is 18.5 Å². The highest BCUT2D eigenvalue weighted by Gasteiger charge is 2.19. The monoisotopic (exact) mass is 297 g/mol. The summed E-state index contributed by atoms with van der Waals surface area (Å²) in [4.78, 5) is 11.2. The Morgan fingerprint density at radius 2 is 2.25 bits per heavy atom. The average molecular weight is 298 g/mol. The van der Waals surface area contributed by atoms with Gasteiger partial charge >= 0.3 is 5.97 Å². The maximum Gasteiger partial charge on any atom is 0.339 e. The molecule has 0 saturated carbocycles. The van der Waals surface area contributed by atoms with E-state index >= 15 is 0 Å². The van der Waals surface area contributed by atoms with Crippen LogP contribution in [0.1, 0.15) is 16.2 Å². The normalized spacial score (nSPS) is 10.3. The number of carbonyl (C=O) groups is 1. The number of aromatic nitrogens is 3. The van der Waals surface area contributed by atoms with Gasteiger partial charge in [0, 0.05) is 18.1 Å². The summed E-state index contributed by atoms with van der Waals surface area (Å²) in [5, 5.41) is 17.0. The quantitative estimate of drug-likeness (QED) is 0.905. The van der Waals surface area contributed by atoms with E-state index in [1.807, 2.05) is 0 Å². The number of carboxylic acid groups (broad SMARTS) is 1. The molecule has 2 rings (SSSR count). The first-order valence-corrected chi connectivity index (χ1v) is 5.97. The molecule has 1 N–H and O–H groups in total. The van der Waals surface area contributed by atoms with Gasteiger partial charge in [-0.3, -0.25) is 0 Å². The van der Waals surface area contributed by atoms with Crippen LogP contribution < -0.4 is 9.47 Å². The maximum absolute atomic E-state index is 11.2. The third kappa shape index (κ3) is 2.83. The van der Waals surface area contributed by atoms with Crippen molar-refractivity contribution in [2.45, 2.75) is 6.61 Å². The molecule has 0 bridgehead atoms. The van der Waals surface area contributed by atoms with Crippen LogP contribution in [0.2, 0.25) is 5.02 Å². The molecule has 1 aromatic carbocycles. The molecule has 7 nitrogen and oxygen atoms in total. The first-order chi connectivity index (χ1) is 9.52. The maximum atomic E-state index is 11.2. The Hall–Kier alpha value is -2.28. The number of hydrogen-bond acceptors (Lipinski definition) is 5. The number of methoxy groups -OCH3 is 1. The number of aryl methyl sites for hydroxylation is 1. The van der Waals surface area contributed by atoms with Gasteiger partial charge in [0.15, 0.2) is 17.3 Å². The van der Waals surface area contributed by atoms with Crippen molar-refractivity contribution < 1.29 is 19.4 Å². The third-order valence-corrected chi connectivity index (χ3v) is 2.84. The molecule has 0 unspecified atom stereocenters. The van der Waals surface area contributed by atoms with Crippen molar-refractivity contribution in [1.29, 1.82) is 0 Å². The molecule has 0 radical (unpaired) electrons. The van der Waals surface area contributed by atoms with Crippen molar-refractivity contribution in [3.63, 3.8) is 0 Å². The minimum absolute atomic E-state index is 0.0643. The lowest BCUT2D eigenvalue weighted by Crippen LogP contribution is -2.08. The number of halogens is 1. The molecule has 1 aromatic heterocycles. The lowest BCUT2D eigenvalue weighted by molar-refractivity contribution is 0.0690. The number of nitrogens with zero attached hydrogens (tertiary/aromatic N) is 3. The van der Waals surface area contributed by atoms with Crippen molar-refractivity contribution in [2.24, 2.45) is 7.05 Å². The lowest BCUT2D eigenvalue weighted by atomic mass is 10.2. The predicted octanol–water partition coefficient (Wildman–Crippen LogP) is 1.75. The van der Waals surface area contributed by atoms with Gasteiger partial charge in [-0.25, -0.2) is 4.79 Å². The molecule has 106 valence electrons. The molecule has 0 amide bonds. The van der Waals surface area contributed by atoms with Crippen molar-refractivity contribution in [1.82, 2.24) is 14.8 Å². The van der Waals surface area contributed by atoms with Gasteiger partial charge in [0.2, 0.25) is 0 Å². The standard InChI is InChI=1S/C12H12ClN3O4/c1-16-6-14-15-10(16)5-20-11-8(12(17)18)3-7(13)4-9(11)19-2/h3-4,6H,5H2,1-2H3,(H,17,18). The van der Waals surface area contributed by atoms with Gasteiger partial charge in [-0.1, -0.05) is 11.6 Å². The fourth-order valence-electron chi connectivity index (χ4n) is 1.60. The second-order valence-corrected chi connectivity index (χ2v) is 4.37. The molecule has 0 atom stereocenters. The van der Waals surface area contributed by atoms with Crippen molar-refractivity contribution >= 4 is 17.6 Å². The smallest absolute Gasteiger partial charge is 0.339 e. The topological polar surface area (TPSA) is 86.5 Å². The number of rotatable bonds is 5. The molecule has 0 fully saturated rings. The van der Waals surface area contributed by atoms with Gasteiger partial charge in [0.05, 0.1) is 7.11 Å². The second kappa shape index (κ2) is 5.79. The Morgan fingerprint density at radius 3 is 2.80 bits per heavy atom. The number of hydrogen-bond donors (Lipinski definition) is 1. The zero-order valence-corrected chi connectivity index (χ0v) is 11.6. The summed E-state index contributed by atoms with van der Waals surface area (Å²) in [5.74, 6) is -0.249. The molecule has 0 aliphatic rings. The zero-order valence-electron chi connectivity index (χ0n) is 10.8. The minimum Gasteiger partial charge on any atom is -0.493 e. The summed E-state index contributed by atoms with van der Waals surface area (Å²) in [6.07, 6.45) is 1.52. The molecule has 2 aromatic rings. The van der Waals surface area contributed by atoms with Crippen LogP contribution in [0.4, 0.5) is 0 Å². The molecule has 1 heterocycles. The fourth-order valence-corrected chi connectivity index (χ4v) is 1.81. The van der Waals surface area contributed by atoms with Gasteiger partial charge < -0.3 is 19.1 Å². The molecular weight excluding hydrogens is 286 g/mol. The SMILES string of the molecule is COc1cc(Cl)cc(C(=O)O)c1OCc1nncn1C. The third-order valence-electron chi connectivity index (χ3n) is 2.62. The van der Waals surface area contributed by atoms with Crippen molar-refractivity contribution in [2.75, 3.05) is 7.11 Å². The molecule has 0 aliphatic carbocycles. The Bertz CT molecular complexity index is 642. The number of ether oxygens (including phenoxy) is 2. The average Bonchev–Trinajstić information content (AvgIpc) is 2.81. The van der Waals surface area contributed by atoms with E-state index in [0.29, 0.717) is 5.82 Å². The number of carboxylic acids is 1. The lowest BCUT2D eigenvalue weighted by Gasteiger charge is -2.13. The van der Waals surface area contributed by atoms with Crippen LogP contribution in [0.25, 0.3) is 0 Å². The minimum atomic E-state index is -1.15. The molecule has 8 heteroatoms. The van der Waals surface area contributed by atoms with E-state index in [9.17, 15) is 9.90 Å². The van der Waals surface area contributed by atoms with E-state index in [2.05, 4.69) is 10.2 Å². The van der Waals surface area contributed by atoms with Gasteiger partial charge in [-0.05, 0) is 6.07 Å². The van der Waals surface area contributed by atoms with Crippen LogP contribution >= 0.6 is 11.6 Å². The largest absolute Gasteiger partial charge is 0.493 e. The molecule has 0 aliphatic heterocycles. The summed E-state index contributed by atoms with van der Waals surface area (Å²) in [7, 11) is 3.17. The summed E-state index contributed by atoms with van der Waals surface area (Å²) < 4.78 is 12.3. The summed E-state index contributed by atoms with van der Waals surface area (Å²) in [6, 6.07) is 2.79. The van der Waals surface area contributed by atoms with Crippen LogP contribution in [0, 0.1) is 0 Å². The Balaban J connectivity index is 2.34. The second-order valence-electron chi connectivity index (χ2n) is 3.94. The van der Waals surface area contributed by atoms with E-state index in [1.165, 1.54) is 25.6 Å². The highest BCUT2D eigenvalue weighted by molar-refractivity contribution is 6.31. The molecule has 0 spiro atoms. The van der Waals surface area contributed by atoms with Crippen LogP contribution in [0.15, 0.2) is 18.5 Å². The summed E-state index contributed by atoms with van der Waals surface area (Å²) in [6.45, 7) is 0.0643. The molecule has 20 heavy (non-hydrogen) atoms.